The Kier molecular flexibility index (Phi) is 6.18. The topological polar surface area (TPSA) is 46.5 Å². The molecule has 0 aliphatic carbocycles. The average molecular weight is 346 g/mol. The molecule has 1 atom stereocenters. The summed E-state index contributed by atoms with van der Waals surface area (Å²) in [6.45, 7) is 0. The van der Waals surface area contributed by atoms with E-state index in [-0.39, 0.29) is 6.42 Å². The summed E-state index contributed by atoms with van der Waals surface area (Å²) in [5, 5.41) is 10.0. The summed E-state index contributed by atoms with van der Waals surface area (Å²) in [5.41, 5.74) is 3.93. The molecule has 0 radical (unpaired) electrons. The van der Waals surface area contributed by atoms with Gasteiger partial charge in [-0.15, -0.1) is 0 Å². The van der Waals surface area contributed by atoms with Crippen LogP contribution in [0, 0.1) is 0 Å². The van der Waals surface area contributed by atoms with Crippen LogP contribution in [0.4, 0.5) is 0 Å². The largest absolute Gasteiger partial charge is 0.432 e. The standard InChI is InChI=1S/C23H22O3/c24-22(26-23(25)21-9-5-2-6-10-21)17-20-15-13-19(14-16-20)12-11-18-7-3-1-4-8-18/h1-10,13-16,22,24H,11-12,17H2. The van der Waals surface area contributed by atoms with Gasteiger partial charge in [0, 0.05) is 6.42 Å². The maximum Gasteiger partial charge on any atom is 0.340 e. The highest BCUT2D eigenvalue weighted by Gasteiger charge is 2.13. The lowest BCUT2D eigenvalue weighted by Crippen LogP contribution is -2.20. The minimum atomic E-state index is -1.15. The van der Waals surface area contributed by atoms with Crippen LogP contribution in [-0.4, -0.2) is 17.4 Å². The molecule has 3 heteroatoms. The van der Waals surface area contributed by atoms with Gasteiger partial charge in [0.2, 0.25) is 6.29 Å². The van der Waals surface area contributed by atoms with Crippen LogP contribution in [-0.2, 0) is 24.0 Å². The SMILES string of the molecule is O=C(OC(O)Cc1ccc(CCc2ccccc2)cc1)c1ccccc1. The van der Waals surface area contributed by atoms with Crippen LogP contribution >= 0.6 is 0 Å². The second-order valence-electron chi connectivity index (χ2n) is 6.23. The molecule has 0 fully saturated rings. The Morgan fingerprint density at radius 3 is 1.85 bits per heavy atom. The maximum atomic E-state index is 11.9. The van der Waals surface area contributed by atoms with Crippen LogP contribution in [0.15, 0.2) is 84.9 Å². The predicted molar refractivity (Wildman–Crippen MR) is 102 cm³/mol. The Bertz CT molecular complexity index is 811. The van der Waals surface area contributed by atoms with Gasteiger partial charge in [-0.05, 0) is 41.7 Å². The van der Waals surface area contributed by atoms with E-state index in [1.165, 1.54) is 11.1 Å². The van der Waals surface area contributed by atoms with E-state index in [1.807, 2.05) is 24.3 Å². The summed E-state index contributed by atoms with van der Waals surface area (Å²) in [5.74, 6) is -0.516. The van der Waals surface area contributed by atoms with Crippen molar-refractivity contribution in [2.24, 2.45) is 0 Å². The number of benzene rings is 3. The van der Waals surface area contributed by atoms with E-state index in [0.29, 0.717) is 5.56 Å². The third kappa shape index (κ3) is 5.30. The van der Waals surface area contributed by atoms with E-state index >= 15 is 0 Å². The Morgan fingerprint density at radius 2 is 1.23 bits per heavy atom. The molecule has 0 heterocycles. The summed E-state index contributed by atoms with van der Waals surface area (Å²) < 4.78 is 5.09. The molecule has 3 nitrogen and oxygen atoms in total. The van der Waals surface area contributed by atoms with E-state index in [9.17, 15) is 9.90 Å². The van der Waals surface area contributed by atoms with Crippen LogP contribution in [0.5, 0.6) is 0 Å². The Labute approximate surface area is 153 Å². The summed E-state index contributed by atoms with van der Waals surface area (Å²) in [7, 11) is 0. The first kappa shape index (κ1) is 17.9. The van der Waals surface area contributed by atoms with Crippen molar-refractivity contribution in [1.82, 2.24) is 0 Å². The van der Waals surface area contributed by atoms with Crippen LogP contribution < -0.4 is 0 Å². The van der Waals surface area contributed by atoms with Gasteiger partial charge in [-0.1, -0.05) is 72.8 Å². The molecule has 0 saturated heterocycles. The average Bonchev–Trinajstić information content (AvgIpc) is 2.69. The quantitative estimate of drug-likeness (QED) is 0.515. The molecule has 0 saturated carbocycles. The molecule has 3 aromatic carbocycles. The number of ether oxygens (including phenoxy) is 1. The summed E-state index contributed by atoms with van der Waals surface area (Å²) in [6.07, 6.45) is 1.09. The molecule has 0 aromatic heterocycles. The van der Waals surface area contributed by atoms with Gasteiger partial charge in [-0.25, -0.2) is 4.79 Å². The molecule has 3 rings (SSSR count). The van der Waals surface area contributed by atoms with Gasteiger partial charge < -0.3 is 9.84 Å². The van der Waals surface area contributed by atoms with Crippen molar-refractivity contribution < 1.29 is 14.6 Å². The predicted octanol–water partition coefficient (Wildman–Crippen LogP) is 4.19. The fourth-order valence-corrected chi connectivity index (χ4v) is 2.78. The lowest BCUT2D eigenvalue weighted by molar-refractivity contribution is -0.0633. The lowest BCUT2D eigenvalue weighted by atomic mass is 10.0. The molecule has 0 spiro atoms. The van der Waals surface area contributed by atoms with Gasteiger partial charge in [0.25, 0.3) is 0 Å². The van der Waals surface area contributed by atoms with Crippen molar-refractivity contribution in [3.63, 3.8) is 0 Å². The first-order valence-electron chi connectivity index (χ1n) is 8.76. The highest BCUT2D eigenvalue weighted by molar-refractivity contribution is 5.89. The monoisotopic (exact) mass is 346 g/mol. The number of hydrogen-bond acceptors (Lipinski definition) is 3. The Balaban J connectivity index is 1.49. The van der Waals surface area contributed by atoms with Crippen molar-refractivity contribution in [2.75, 3.05) is 0 Å². The van der Waals surface area contributed by atoms with E-state index in [2.05, 4.69) is 36.4 Å². The first-order valence-corrected chi connectivity index (χ1v) is 8.76. The fraction of sp³-hybridized carbons (Fsp3) is 0.174. The number of carbonyl (C=O) groups is 1. The van der Waals surface area contributed by atoms with Gasteiger partial charge in [0.15, 0.2) is 0 Å². The van der Waals surface area contributed by atoms with Crippen LogP contribution in [0.2, 0.25) is 0 Å². The molecule has 26 heavy (non-hydrogen) atoms. The molecule has 132 valence electrons. The molecular formula is C23H22O3. The third-order valence-corrected chi connectivity index (χ3v) is 4.23. The molecule has 0 bridgehead atoms. The molecule has 1 N–H and O–H groups in total. The zero-order valence-corrected chi connectivity index (χ0v) is 14.5. The molecule has 1 unspecified atom stereocenters. The minimum Gasteiger partial charge on any atom is -0.432 e. The number of hydrogen-bond donors (Lipinski definition) is 1. The zero-order valence-electron chi connectivity index (χ0n) is 14.5. The highest BCUT2D eigenvalue weighted by atomic mass is 16.6. The molecular weight excluding hydrogens is 324 g/mol. The second kappa shape index (κ2) is 8.97. The first-order chi connectivity index (χ1) is 12.7. The second-order valence-corrected chi connectivity index (χ2v) is 6.23. The number of carbonyl (C=O) groups excluding carboxylic acids is 1. The van der Waals surface area contributed by atoms with Gasteiger partial charge in [-0.3, -0.25) is 0 Å². The van der Waals surface area contributed by atoms with Crippen molar-refractivity contribution in [2.45, 2.75) is 25.6 Å². The number of aliphatic hydroxyl groups excluding tert-OH is 1. The summed E-state index contributed by atoms with van der Waals surface area (Å²) in [4.78, 5) is 11.9. The number of aliphatic hydroxyl groups is 1. The van der Waals surface area contributed by atoms with E-state index in [1.54, 1.807) is 24.3 Å². The van der Waals surface area contributed by atoms with Crippen molar-refractivity contribution in [1.29, 1.82) is 0 Å². The van der Waals surface area contributed by atoms with Gasteiger partial charge >= 0.3 is 5.97 Å². The van der Waals surface area contributed by atoms with Crippen LogP contribution in [0.3, 0.4) is 0 Å². The lowest BCUT2D eigenvalue weighted by Gasteiger charge is -2.12. The van der Waals surface area contributed by atoms with Gasteiger partial charge in [0.05, 0.1) is 5.56 Å². The molecule has 0 amide bonds. The van der Waals surface area contributed by atoms with Gasteiger partial charge in [0.1, 0.15) is 0 Å². The van der Waals surface area contributed by atoms with Crippen molar-refractivity contribution >= 4 is 5.97 Å². The van der Waals surface area contributed by atoms with Crippen LogP contribution in [0.1, 0.15) is 27.0 Å². The smallest absolute Gasteiger partial charge is 0.340 e. The van der Waals surface area contributed by atoms with Crippen molar-refractivity contribution in [3.8, 4) is 0 Å². The number of rotatable bonds is 7. The van der Waals surface area contributed by atoms with Gasteiger partial charge in [-0.2, -0.15) is 0 Å². The Morgan fingerprint density at radius 1 is 0.731 bits per heavy atom. The maximum absolute atomic E-state index is 11.9. The highest BCUT2D eigenvalue weighted by Crippen LogP contribution is 2.12. The van der Waals surface area contributed by atoms with Crippen molar-refractivity contribution in [3.05, 3.63) is 107 Å². The molecule has 3 aromatic rings. The summed E-state index contributed by atoms with van der Waals surface area (Å²) >= 11 is 0. The molecule has 0 aliphatic rings. The normalized spacial score (nSPS) is 11.7. The van der Waals surface area contributed by atoms with E-state index in [4.69, 9.17) is 4.74 Å². The summed E-state index contributed by atoms with van der Waals surface area (Å²) in [6, 6.07) is 27.1. The number of esters is 1. The number of aryl methyl sites for hydroxylation is 2. The van der Waals surface area contributed by atoms with E-state index < -0.39 is 12.3 Å². The third-order valence-electron chi connectivity index (χ3n) is 4.23. The fourth-order valence-electron chi connectivity index (χ4n) is 2.78. The van der Waals surface area contributed by atoms with Crippen LogP contribution in [0.25, 0.3) is 0 Å². The zero-order chi connectivity index (χ0) is 18.2. The molecule has 0 aliphatic heterocycles. The Hall–Kier alpha value is -2.91. The van der Waals surface area contributed by atoms with E-state index in [0.717, 1.165) is 18.4 Å². The minimum absolute atomic E-state index is 0.275.